The number of fused-ring (bicyclic) bond motifs is 2. The van der Waals surface area contributed by atoms with Crippen LogP contribution in [0.3, 0.4) is 0 Å². The Balaban J connectivity index is 0.00000225. The average Bonchev–Trinajstić information content (AvgIpc) is 3.18. The number of aromatic nitrogens is 1. The molecule has 1 aromatic heterocycles. The molecule has 0 saturated heterocycles. The molecule has 0 unspecified atom stereocenters. The molecule has 28 heavy (non-hydrogen) atoms. The van der Waals surface area contributed by atoms with E-state index in [4.69, 9.17) is 9.15 Å². The minimum atomic E-state index is 0. The van der Waals surface area contributed by atoms with Crippen molar-refractivity contribution in [1.29, 1.82) is 0 Å². The number of allylic oxidation sites excluding steroid dienone is 2. The summed E-state index contributed by atoms with van der Waals surface area (Å²) in [5.41, 5.74) is 5.62. The Morgan fingerprint density at radius 3 is 2.54 bits per heavy atom. The Morgan fingerprint density at radius 1 is 1.04 bits per heavy atom. The van der Waals surface area contributed by atoms with Crippen LogP contribution in [0.25, 0.3) is 17.2 Å². The second-order valence-electron chi connectivity index (χ2n) is 6.84. The van der Waals surface area contributed by atoms with Crippen molar-refractivity contribution in [3.63, 3.8) is 0 Å². The lowest BCUT2D eigenvalue weighted by molar-refractivity contribution is -0.674. The van der Waals surface area contributed by atoms with Crippen LogP contribution in [0.4, 0.5) is 5.69 Å². The average molecular weight is 488 g/mol. The number of hydrogen-bond acceptors (Lipinski definition) is 3. The van der Waals surface area contributed by atoms with Gasteiger partial charge in [0.05, 0.1) is 11.8 Å². The van der Waals surface area contributed by atoms with Crippen LogP contribution in [0, 0.1) is 13.8 Å². The van der Waals surface area contributed by atoms with E-state index in [1.54, 1.807) is 0 Å². The third-order valence-electron chi connectivity index (χ3n) is 4.88. The summed E-state index contributed by atoms with van der Waals surface area (Å²) in [5, 5.41) is 0. The van der Waals surface area contributed by atoms with Gasteiger partial charge in [0.1, 0.15) is 6.54 Å². The molecule has 146 valence electrons. The van der Waals surface area contributed by atoms with Gasteiger partial charge in [0.2, 0.25) is 11.5 Å². The molecule has 0 atom stereocenters. The first-order chi connectivity index (χ1) is 13.1. The first-order valence-electron chi connectivity index (χ1n) is 9.48. The summed E-state index contributed by atoms with van der Waals surface area (Å²) in [4.78, 5) is 2.18. The topological polar surface area (TPSA) is 29.5 Å². The van der Waals surface area contributed by atoms with Crippen molar-refractivity contribution in [3.8, 4) is 5.75 Å². The molecular weight excluding hydrogens is 463 g/mol. The van der Waals surface area contributed by atoms with E-state index >= 15 is 0 Å². The molecule has 1 aliphatic rings. The van der Waals surface area contributed by atoms with Gasteiger partial charge in [0, 0.05) is 12.6 Å². The highest BCUT2D eigenvalue weighted by atomic mass is 127. The highest BCUT2D eigenvalue weighted by molar-refractivity contribution is 5.71. The van der Waals surface area contributed by atoms with E-state index in [-0.39, 0.29) is 24.0 Å². The van der Waals surface area contributed by atoms with Crippen LogP contribution in [0.1, 0.15) is 30.9 Å². The van der Waals surface area contributed by atoms with Crippen molar-refractivity contribution in [2.24, 2.45) is 0 Å². The number of nitrogens with zero attached hydrogens (tertiary/aromatic N) is 2. The zero-order valence-corrected chi connectivity index (χ0v) is 18.9. The van der Waals surface area contributed by atoms with Crippen molar-refractivity contribution in [3.05, 3.63) is 71.5 Å². The van der Waals surface area contributed by atoms with Crippen LogP contribution in [0.15, 0.2) is 58.9 Å². The number of ether oxygens (including phenoxy) is 1. The minimum Gasteiger partial charge on any atom is -1.00 e. The first kappa shape index (κ1) is 20.5. The molecule has 0 amide bonds. The number of oxazole rings is 1. The van der Waals surface area contributed by atoms with E-state index in [0.29, 0.717) is 0 Å². The number of rotatable bonds is 4. The van der Waals surface area contributed by atoms with Gasteiger partial charge >= 0.3 is 5.89 Å². The van der Waals surface area contributed by atoms with Crippen molar-refractivity contribution < 1.29 is 37.7 Å². The second-order valence-corrected chi connectivity index (χ2v) is 6.84. The normalized spacial score (nSPS) is 14.6. The van der Waals surface area contributed by atoms with Gasteiger partial charge in [0.25, 0.3) is 5.52 Å². The fourth-order valence-corrected chi connectivity index (χ4v) is 3.54. The third-order valence-corrected chi connectivity index (χ3v) is 4.88. The van der Waals surface area contributed by atoms with Crippen molar-refractivity contribution in [2.45, 2.75) is 34.2 Å². The molecule has 0 N–H and O–H groups in total. The number of halogens is 1. The lowest BCUT2D eigenvalue weighted by Crippen LogP contribution is -3.00. The first-order valence-corrected chi connectivity index (χ1v) is 9.48. The zero-order chi connectivity index (χ0) is 19.0. The molecule has 5 heteroatoms. The molecule has 4 rings (SSSR count). The largest absolute Gasteiger partial charge is 1.00 e. The highest BCUT2D eigenvalue weighted by Gasteiger charge is 2.24. The van der Waals surface area contributed by atoms with E-state index in [1.807, 2.05) is 30.4 Å². The van der Waals surface area contributed by atoms with E-state index in [2.05, 4.69) is 61.4 Å². The fraction of sp³-hybridized carbons (Fsp3) is 0.261. The van der Waals surface area contributed by atoms with Crippen molar-refractivity contribution >= 4 is 22.9 Å². The molecule has 2 aromatic carbocycles. The van der Waals surface area contributed by atoms with Crippen LogP contribution < -0.4 is 38.2 Å². The molecule has 1 aliphatic heterocycles. The van der Waals surface area contributed by atoms with Crippen molar-refractivity contribution in [1.82, 2.24) is 0 Å². The predicted molar refractivity (Wildman–Crippen MR) is 109 cm³/mol. The predicted octanol–water partition coefficient (Wildman–Crippen LogP) is 2.13. The van der Waals surface area contributed by atoms with E-state index in [0.717, 1.165) is 47.4 Å². The van der Waals surface area contributed by atoms with E-state index in [1.165, 1.54) is 11.1 Å². The number of benzene rings is 2. The summed E-state index contributed by atoms with van der Waals surface area (Å²) >= 11 is 0. The smallest absolute Gasteiger partial charge is 0.374 e. The molecule has 3 aromatic rings. The summed E-state index contributed by atoms with van der Waals surface area (Å²) in [6, 6.07) is 12.5. The maximum atomic E-state index is 6.03. The van der Waals surface area contributed by atoms with Gasteiger partial charge in [-0.25, -0.2) is 0 Å². The molecule has 2 heterocycles. The summed E-state index contributed by atoms with van der Waals surface area (Å²) in [6.45, 7) is 10.2. The lowest BCUT2D eigenvalue weighted by Gasteiger charge is -2.15. The standard InChI is InChI=1S/C23H25N2O2.HI/c1-5-24-18-14-16(3)10-12-20(18)26-22(24)8-7-9-23-25(6-2)19-15-17(4)11-13-21(19)27-23;/h7-15H,5-6H2,1-4H3;1H/q+1;/p-1. The van der Waals surface area contributed by atoms with Crippen LogP contribution >= 0.6 is 0 Å². The number of hydrogen-bond donors (Lipinski definition) is 0. The summed E-state index contributed by atoms with van der Waals surface area (Å²) in [7, 11) is 0. The second kappa shape index (κ2) is 8.39. The molecule has 4 nitrogen and oxygen atoms in total. The molecular formula is C23H25IN2O2. The van der Waals surface area contributed by atoms with E-state index < -0.39 is 0 Å². The SMILES string of the molecule is CCN1/C(=C/C=C/c2oc3ccc(C)cc3[n+]2CC)Oc2ccc(C)cc21.[I-]. The Morgan fingerprint density at radius 2 is 1.79 bits per heavy atom. The summed E-state index contributed by atoms with van der Waals surface area (Å²) < 4.78 is 14.2. The van der Waals surface area contributed by atoms with Gasteiger partial charge in [-0.1, -0.05) is 12.1 Å². The molecule has 0 aliphatic carbocycles. The van der Waals surface area contributed by atoms with Crippen molar-refractivity contribution in [2.75, 3.05) is 11.4 Å². The van der Waals surface area contributed by atoms with Crippen LogP contribution in [0.2, 0.25) is 0 Å². The quantitative estimate of drug-likeness (QED) is 0.417. The fourth-order valence-electron chi connectivity index (χ4n) is 3.54. The number of aryl methyl sites for hydroxylation is 3. The lowest BCUT2D eigenvalue weighted by atomic mass is 10.2. The molecule has 0 bridgehead atoms. The summed E-state index contributed by atoms with van der Waals surface area (Å²) in [6.07, 6.45) is 5.99. The van der Waals surface area contributed by atoms with Crippen LogP contribution in [-0.2, 0) is 6.54 Å². The Bertz CT molecular complexity index is 1070. The molecule has 0 radical (unpaired) electrons. The van der Waals surface area contributed by atoms with Crippen LogP contribution in [0.5, 0.6) is 5.75 Å². The maximum Gasteiger partial charge on any atom is 0.374 e. The highest BCUT2D eigenvalue weighted by Crippen LogP contribution is 2.39. The molecule has 0 saturated carbocycles. The third kappa shape index (κ3) is 3.68. The van der Waals surface area contributed by atoms with Crippen LogP contribution in [-0.4, -0.2) is 6.54 Å². The van der Waals surface area contributed by atoms with Gasteiger partial charge in [-0.3, -0.25) is 0 Å². The summed E-state index contributed by atoms with van der Waals surface area (Å²) in [5.74, 6) is 2.58. The van der Waals surface area contributed by atoms with E-state index in [9.17, 15) is 0 Å². The Kier molecular flexibility index (Phi) is 6.13. The zero-order valence-electron chi connectivity index (χ0n) is 16.7. The molecule has 0 spiro atoms. The molecule has 0 fully saturated rings. The van der Waals surface area contributed by atoms with Gasteiger partial charge in [-0.05, 0) is 69.2 Å². The van der Waals surface area contributed by atoms with Gasteiger partial charge < -0.3 is 38.0 Å². The maximum absolute atomic E-state index is 6.03. The minimum absolute atomic E-state index is 0. The van der Waals surface area contributed by atoms with Gasteiger partial charge in [-0.15, -0.1) is 0 Å². The monoisotopic (exact) mass is 488 g/mol. The Labute approximate surface area is 183 Å². The van der Waals surface area contributed by atoms with Gasteiger partial charge in [-0.2, -0.15) is 4.57 Å². The number of anilines is 1. The van der Waals surface area contributed by atoms with Gasteiger partial charge in [0.15, 0.2) is 5.75 Å². The Hall–Kier alpha value is -2.28.